The van der Waals surface area contributed by atoms with E-state index in [0.29, 0.717) is 29.1 Å². The highest BCUT2D eigenvalue weighted by Crippen LogP contribution is 2.32. The summed E-state index contributed by atoms with van der Waals surface area (Å²) in [6, 6.07) is 10.3. The number of piperidine rings is 1. The van der Waals surface area contributed by atoms with Crippen molar-refractivity contribution in [3.8, 4) is 0 Å². The lowest BCUT2D eigenvalue weighted by atomic mass is 9.83. The molecular weight excluding hydrogens is 424 g/mol. The Balaban J connectivity index is 1.74. The van der Waals surface area contributed by atoms with Crippen molar-refractivity contribution in [1.82, 2.24) is 9.38 Å². The summed E-state index contributed by atoms with van der Waals surface area (Å²) >= 11 is 4.57. The quantitative estimate of drug-likeness (QED) is 0.566. The molecule has 2 aromatic heterocycles. The number of thiol groups is 1. The number of para-hydroxylation sites is 1. The second-order valence-corrected chi connectivity index (χ2v) is 9.70. The van der Waals surface area contributed by atoms with Gasteiger partial charge in [0, 0.05) is 30.9 Å². The molecule has 0 spiro atoms. The fourth-order valence-corrected chi connectivity index (χ4v) is 4.48. The molecule has 3 heterocycles. The summed E-state index contributed by atoms with van der Waals surface area (Å²) < 4.78 is 3.15. The third-order valence-corrected chi connectivity index (χ3v) is 6.49. The van der Waals surface area contributed by atoms with Gasteiger partial charge in [-0.05, 0) is 48.9 Å². The Labute approximate surface area is 192 Å². The number of hydrogen-bond donors (Lipinski definition) is 2. The van der Waals surface area contributed by atoms with Crippen molar-refractivity contribution >= 4 is 35.9 Å². The van der Waals surface area contributed by atoms with Gasteiger partial charge in [-0.1, -0.05) is 38.8 Å². The van der Waals surface area contributed by atoms with Gasteiger partial charge >= 0.3 is 5.97 Å². The van der Waals surface area contributed by atoms with Gasteiger partial charge in [0.05, 0.1) is 17.8 Å². The minimum absolute atomic E-state index is 0.128. The lowest BCUT2D eigenvalue weighted by Gasteiger charge is -2.37. The maximum absolute atomic E-state index is 13.0. The molecule has 0 amide bonds. The SMILES string of the molecule is Cc1cc(CN(S)c2ccccc2C(=O)O)c2nc(N3CCC(C)(C)CC3)cc(=O)n2c1. The minimum atomic E-state index is -1.02. The Hall–Kier alpha value is -3.00. The molecule has 168 valence electrons. The number of benzene rings is 1. The zero-order chi connectivity index (χ0) is 23.0. The van der Waals surface area contributed by atoms with Crippen molar-refractivity contribution < 1.29 is 9.90 Å². The molecule has 0 bridgehead atoms. The lowest BCUT2D eigenvalue weighted by molar-refractivity contribution is 0.0697. The molecule has 1 fully saturated rings. The van der Waals surface area contributed by atoms with Crippen LogP contribution in [0.25, 0.3) is 5.65 Å². The van der Waals surface area contributed by atoms with Gasteiger partial charge in [-0.25, -0.2) is 9.78 Å². The first-order valence-corrected chi connectivity index (χ1v) is 11.1. The van der Waals surface area contributed by atoms with Crippen LogP contribution in [0, 0.1) is 12.3 Å². The highest BCUT2D eigenvalue weighted by molar-refractivity contribution is 7.81. The van der Waals surface area contributed by atoms with Crippen LogP contribution in [0.4, 0.5) is 11.5 Å². The number of aromatic carboxylic acids is 1. The number of hydrogen-bond acceptors (Lipinski definition) is 6. The molecule has 0 aliphatic carbocycles. The first-order chi connectivity index (χ1) is 15.1. The molecule has 1 aliphatic heterocycles. The largest absolute Gasteiger partial charge is 0.478 e. The van der Waals surface area contributed by atoms with Crippen molar-refractivity contribution in [1.29, 1.82) is 0 Å². The number of fused-ring (bicyclic) bond motifs is 1. The van der Waals surface area contributed by atoms with E-state index in [1.54, 1.807) is 45.2 Å². The van der Waals surface area contributed by atoms with Crippen LogP contribution in [-0.4, -0.2) is 33.6 Å². The number of aryl methyl sites for hydroxylation is 1. The van der Waals surface area contributed by atoms with Crippen molar-refractivity contribution in [2.24, 2.45) is 5.41 Å². The lowest BCUT2D eigenvalue weighted by Crippen LogP contribution is -2.38. The van der Waals surface area contributed by atoms with E-state index in [4.69, 9.17) is 4.98 Å². The summed E-state index contributed by atoms with van der Waals surface area (Å²) in [7, 11) is 0. The highest BCUT2D eigenvalue weighted by Gasteiger charge is 2.26. The van der Waals surface area contributed by atoms with Gasteiger partial charge < -0.3 is 14.3 Å². The molecule has 7 nitrogen and oxygen atoms in total. The third kappa shape index (κ3) is 4.46. The molecule has 0 atom stereocenters. The maximum Gasteiger partial charge on any atom is 0.337 e. The number of aromatic nitrogens is 2. The zero-order valence-corrected chi connectivity index (χ0v) is 19.5. The molecule has 1 saturated heterocycles. The summed E-state index contributed by atoms with van der Waals surface area (Å²) in [4.78, 5) is 31.6. The van der Waals surface area contributed by atoms with E-state index >= 15 is 0 Å². The molecule has 1 N–H and O–H groups in total. The van der Waals surface area contributed by atoms with Crippen LogP contribution in [0.15, 0.2) is 47.4 Å². The molecular formula is C24H28N4O3S. The van der Waals surface area contributed by atoms with Crippen LogP contribution in [0.2, 0.25) is 0 Å². The number of carboxylic acid groups (broad SMARTS) is 1. The van der Waals surface area contributed by atoms with Gasteiger partial charge in [-0.2, -0.15) is 0 Å². The van der Waals surface area contributed by atoms with Crippen LogP contribution in [0.1, 0.15) is 48.2 Å². The van der Waals surface area contributed by atoms with E-state index in [0.717, 1.165) is 37.1 Å². The predicted octanol–water partition coefficient (Wildman–Crippen LogP) is 4.18. The van der Waals surface area contributed by atoms with Crippen LogP contribution in [0.3, 0.4) is 0 Å². The Bertz CT molecular complexity index is 1230. The first kappa shape index (κ1) is 22.2. The Morgan fingerprint density at radius 3 is 2.59 bits per heavy atom. The first-order valence-electron chi connectivity index (χ1n) is 10.7. The number of anilines is 2. The fraction of sp³-hybridized carbons (Fsp3) is 0.375. The van der Waals surface area contributed by atoms with Crippen LogP contribution < -0.4 is 14.8 Å². The van der Waals surface area contributed by atoms with Gasteiger partial charge in [0.15, 0.2) is 0 Å². The molecule has 1 aromatic carbocycles. The van der Waals surface area contributed by atoms with E-state index in [2.05, 4.69) is 31.6 Å². The summed E-state index contributed by atoms with van der Waals surface area (Å²) in [5.41, 5.74) is 3.11. The second kappa shape index (κ2) is 8.50. The highest BCUT2D eigenvalue weighted by atomic mass is 32.1. The maximum atomic E-state index is 13.0. The van der Waals surface area contributed by atoms with Gasteiger partial charge in [0.2, 0.25) is 0 Å². The van der Waals surface area contributed by atoms with Crippen LogP contribution in [0.5, 0.6) is 0 Å². The number of carboxylic acids is 1. The number of nitrogens with zero attached hydrogens (tertiary/aromatic N) is 4. The summed E-state index contributed by atoms with van der Waals surface area (Å²) in [6.07, 6.45) is 3.88. The average molecular weight is 453 g/mol. The molecule has 0 radical (unpaired) electrons. The van der Waals surface area contributed by atoms with Crippen LogP contribution >= 0.6 is 12.8 Å². The van der Waals surface area contributed by atoms with E-state index in [9.17, 15) is 14.7 Å². The summed E-state index contributed by atoms with van der Waals surface area (Å²) in [6.45, 7) is 8.48. The Kier molecular flexibility index (Phi) is 5.90. The molecule has 32 heavy (non-hydrogen) atoms. The monoisotopic (exact) mass is 452 g/mol. The summed E-state index contributed by atoms with van der Waals surface area (Å²) in [5.74, 6) is -0.328. The van der Waals surface area contributed by atoms with Crippen molar-refractivity contribution in [3.05, 3.63) is 69.6 Å². The topological polar surface area (TPSA) is 78.2 Å². The Morgan fingerprint density at radius 2 is 1.91 bits per heavy atom. The van der Waals surface area contributed by atoms with E-state index in [-0.39, 0.29) is 11.1 Å². The van der Waals surface area contributed by atoms with Crippen molar-refractivity contribution in [2.75, 3.05) is 22.3 Å². The molecule has 1 aliphatic rings. The van der Waals surface area contributed by atoms with Gasteiger partial charge in [-0.15, -0.1) is 0 Å². The zero-order valence-electron chi connectivity index (χ0n) is 18.6. The second-order valence-electron chi connectivity index (χ2n) is 9.22. The number of pyridine rings is 1. The molecule has 0 saturated carbocycles. The molecule has 4 rings (SSSR count). The van der Waals surface area contributed by atoms with Crippen LogP contribution in [-0.2, 0) is 6.54 Å². The van der Waals surface area contributed by atoms with Crippen molar-refractivity contribution in [2.45, 2.75) is 40.2 Å². The molecule has 0 unspecified atom stereocenters. The number of rotatable bonds is 5. The smallest absolute Gasteiger partial charge is 0.337 e. The Morgan fingerprint density at radius 1 is 1.22 bits per heavy atom. The normalized spacial score (nSPS) is 15.7. The standard InChI is InChI=1S/C24H28N4O3S/c1-16-12-17(15-28(32)19-7-5-4-6-18(19)23(30)31)22-25-20(13-21(29)27(22)14-16)26-10-8-24(2,3)9-11-26/h4-7,12-14,32H,8-11,15H2,1-3H3,(H,30,31). The third-order valence-electron chi connectivity index (χ3n) is 6.13. The van der Waals surface area contributed by atoms with E-state index in [1.165, 1.54) is 0 Å². The van der Waals surface area contributed by atoms with Gasteiger partial charge in [-0.3, -0.25) is 9.20 Å². The van der Waals surface area contributed by atoms with Gasteiger partial charge in [0.25, 0.3) is 5.56 Å². The molecule has 3 aromatic rings. The van der Waals surface area contributed by atoms with Gasteiger partial charge in [0.1, 0.15) is 11.5 Å². The average Bonchev–Trinajstić information content (AvgIpc) is 2.74. The van der Waals surface area contributed by atoms with E-state index in [1.807, 2.05) is 13.0 Å². The van der Waals surface area contributed by atoms with E-state index < -0.39 is 5.97 Å². The molecule has 8 heteroatoms. The predicted molar refractivity (Wildman–Crippen MR) is 130 cm³/mol. The minimum Gasteiger partial charge on any atom is -0.478 e. The number of carbonyl (C=O) groups is 1. The fourth-order valence-electron chi connectivity index (χ4n) is 4.16. The van der Waals surface area contributed by atoms with Crippen molar-refractivity contribution in [3.63, 3.8) is 0 Å². The summed E-state index contributed by atoms with van der Waals surface area (Å²) in [5, 5.41) is 9.53.